The van der Waals surface area contributed by atoms with Crippen molar-refractivity contribution >= 4 is 5.82 Å². The average molecular weight is 498 g/mol. The maximum atomic E-state index is 11.6. The summed E-state index contributed by atoms with van der Waals surface area (Å²) in [7, 11) is 4.61. The third-order valence-electron chi connectivity index (χ3n) is 6.38. The van der Waals surface area contributed by atoms with Crippen LogP contribution in [-0.4, -0.2) is 38.9 Å². The summed E-state index contributed by atoms with van der Waals surface area (Å²) < 4.78 is 12.9. The lowest BCUT2D eigenvalue weighted by Gasteiger charge is -2.27. The molecule has 3 rings (SSSR count). The van der Waals surface area contributed by atoms with Crippen LogP contribution in [0.25, 0.3) is 0 Å². The fourth-order valence-corrected chi connectivity index (χ4v) is 4.47. The van der Waals surface area contributed by atoms with E-state index < -0.39 is 10.8 Å². The summed E-state index contributed by atoms with van der Waals surface area (Å²) in [5, 5.41) is 33.6. The van der Waals surface area contributed by atoms with Gasteiger partial charge in [0.15, 0.2) is 0 Å². The normalized spacial score (nSPS) is 12.2. The molecule has 1 heterocycles. The molecule has 0 fully saturated rings. The first-order chi connectivity index (χ1) is 16.6. The summed E-state index contributed by atoms with van der Waals surface area (Å²) in [6.07, 6.45) is 1.19. The molecular weight excluding hydrogens is 462 g/mol. The average Bonchev–Trinajstić information content (AvgIpc) is 3.14. The first-order valence-corrected chi connectivity index (χ1v) is 11.6. The van der Waals surface area contributed by atoms with Crippen LogP contribution in [0.5, 0.6) is 23.0 Å². The zero-order chi connectivity index (χ0) is 27.2. The minimum atomic E-state index is -0.770. The Kier molecular flexibility index (Phi) is 6.99. The number of hydrogen-bond acceptors (Lipinski definition) is 7. The van der Waals surface area contributed by atoms with Crippen molar-refractivity contribution in [3.8, 4) is 23.0 Å². The second kappa shape index (κ2) is 9.37. The number of benzene rings is 2. The topological polar surface area (TPSA) is 120 Å². The van der Waals surface area contributed by atoms with E-state index in [4.69, 9.17) is 9.47 Å². The van der Waals surface area contributed by atoms with Crippen LogP contribution in [0.2, 0.25) is 0 Å². The SMILES string of the molecule is COc1cc(C(C)(C)C)c(O)cc1C(c1cc(O)c(C(C)(C)C)cc1OC)c1ncc([N+](=O)[O-])n1C. The van der Waals surface area contributed by atoms with Crippen LogP contribution in [0, 0.1) is 10.1 Å². The molecule has 36 heavy (non-hydrogen) atoms. The van der Waals surface area contributed by atoms with Crippen molar-refractivity contribution in [3.63, 3.8) is 0 Å². The number of hydrogen-bond donors (Lipinski definition) is 2. The molecule has 2 aromatic carbocycles. The van der Waals surface area contributed by atoms with Gasteiger partial charge in [-0.25, -0.2) is 9.55 Å². The molecule has 0 aliphatic heterocycles. The van der Waals surface area contributed by atoms with Crippen molar-refractivity contribution in [1.29, 1.82) is 0 Å². The predicted octanol–water partition coefficient (Wildman–Crippen LogP) is 5.53. The van der Waals surface area contributed by atoms with Crippen molar-refractivity contribution in [1.82, 2.24) is 9.55 Å². The van der Waals surface area contributed by atoms with Gasteiger partial charge in [0.05, 0.1) is 27.2 Å². The number of ether oxygens (including phenoxy) is 2. The summed E-state index contributed by atoms with van der Waals surface area (Å²) in [5.74, 6) is 0.407. The Morgan fingerprint density at radius 1 is 0.889 bits per heavy atom. The van der Waals surface area contributed by atoms with Crippen molar-refractivity contribution in [2.45, 2.75) is 58.3 Å². The Bertz CT molecular complexity index is 1230. The molecule has 0 amide bonds. The molecule has 0 aliphatic carbocycles. The molecule has 9 heteroatoms. The van der Waals surface area contributed by atoms with Gasteiger partial charge in [-0.15, -0.1) is 0 Å². The molecule has 3 aromatic rings. The number of phenolic OH excluding ortho intramolecular Hbond substituents is 2. The van der Waals surface area contributed by atoms with E-state index in [0.717, 1.165) is 0 Å². The van der Waals surface area contributed by atoms with Crippen LogP contribution in [0.15, 0.2) is 30.5 Å². The lowest BCUT2D eigenvalue weighted by Crippen LogP contribution is -2.17. The van der Waals surface area contributed by atoms with Gasteiger partial charge in [-0.2, -0.15) is 0 Å². The summed E-state index contributed by atoms with van der Waals surface area (Å²) >= 11 is 0. The molecule has 9 nitrogen and oxygen atoms in total. The number of phenols is 2. The molecule has 0 atom stereocenters. The van der Waals surface area contributed by atoms with Gasteiger partial charge in [0.25, 0.3) is 0 Å². The Labute approximate surface area is 211 Å². The monoisotopic (exact) mass is 497 g/mol. The Hall–Kier alpha value is -3.75. The maximum Gasteiger partial charge on any atom is 0.342 e. The van der Waals surface area contributed by atoms with Crippen LogP contribution in [0.3, 0.4) is 0 Å². The van der Waals surface area contributed by atoms with Gasteiger partial charge < -0.3 is 29.8 Å². The van der Waals surface area contributed by atoms with Crippen molar-refractivity contribution in [2.24, 2.45) is 7.05 Å². The number of nitrogens with zero attached hydrogens (tertiary/aromatic N) is 3. The molecule has 0 aliphatic rings. The quantitative estimate of drug-likeness (QED) is 0.339. The van der Waals surface area contributed by atoms with Gasteiger partial charge in [-0.05, 0) is 40.0 Å². The number of aromatic hydroxyl groups is 2. The third kappa shape index (κ3) is 4.82. The minimum absolute atomic E-state index is 0.0570. The third-order valence-corrected chi connectivity index (χ3v) is 6.38. The number of methoxy groups -OCH3 is 2. The van der Waals surface area contributed by atoms with Gasteiger partial charge in [0.2, 0.25) is 5.82 Å². The zero-order valence-electron chi connectivity index (χ0n) is 22.3. The van der Waals surface area contributed by atoms with Crippen LogP contribution in [0.4, 0.5) is 5.82 Å². The van der Waals surface area contributed by atoms with Gasteiger partial charge in [0.1, 0.15) is 29.2 Å². The van der Waals surface area contributed by atoms with E-state index in [-0.39, 0.29) is 28.1 Å². The van der Waals surface area contributed by atoms with Crippen molar-refractivity contribution in [2.75, 3.05) is 14.2 Å². The second-order valence-electron chi connectivity index (χ2n) is 10.9. The lowest BCUT2D eigenvalue weighted by molar-refractivity contribution is -0.391. The second-order valence-corrected chi connectivity index (χ2v) is 10.9. The number of nitro groups is 1. The fraction of sp³-hybridized carbons (Fsp3) is 0.444. The number of rotatable bonds is 6. The summed E-state index contributed by atoms with van der Waals surface area (Å²) in [5.41, 5.74) is 1.69. The summed E-state index contributed by atoms with van der Waals surface area (Å²) in [6, 6.07) is 6.73. The van der Waals surface area contributed by atoms with Crippen LogP contribution < -0.4 is 9.47 Å². The zero-order valence-corrected chi connectivity index (χ0v) is 22.3. The Morgan fingerprint density at radius 2 is 1.31 bits per heavy atom. The van der Waals surface area contributed by atoms with Gasteiger partial charge >= 0.3 is 5.82 Å². The Morgan fingerprint density at radius 3 is 1.61 bits per heavy atom. The van der Waals surface area contributed by atoms with E-state index in [1.165, 1.54) is 25.0 Å². The van der Waals surface area contributed by atoms with E-state index >= 15 is 0 Å². The van der Waals surface area contributed by atoms with Gasteiger partial charge in [-0.3, -0.25) is 0 Å². The first-order valence-electron chi connectivity index (χ1n) is 11.6. The highest BCUT2D eigenvalue weighted by atomic mass is 16.6. The van der Waals surface area contributed by atoms with Crippen LogP contribution in [0.1, 0.15) is 75.5 Å². The molecule has 0 saturated heterocycles. The first kappa shape index (κ1) is 26.8. The minimum Gasteiger partial charge on any atom is -0.508 e. The summed E-state index contributed by atoms with van der Waals surface area (Å²) in [6.45, 7) is 11.9. The molecule has 0 spiro atoms. The van der Waals surface area contributed by atoms with Gasteiger partial charge in [-0.1, -0.05) is 41.5 Å². The highest BCUT2D eigenvalue weighted by molar-refractivity contribution is 5.59. The number of imidazole rings is 1. The van der Waals surface area contributed by atoms with E-state index in [9.17, 15) is 20.3 Å². The fourth-order valence-electron chi connectivity index (χ4n) is 4.47. The lowest BCUT2D eigenvalue weighted by atomic mass is 9.80. The van der Waals surface area contributed by atoms with Gasteiger partial charge in [0, 0.05) is 22.3 Å². The van der Waals surface area contributed by atoms with E-state index in [1.807, 2.05) is 41.5 Å². The van der Waals surface area contributed by atoms with Crippen molar-refractivity contribution < 1.29 is 24.6 Å². The predicted molar refractivity (Wildman–Crippen MR) is 138 cm³/mol. The van der Waals surface area contributed by atoms with Crippen LogP contribution in [-0.2, 0) is 17.9 Å². The van der Waals surface area contributed by atoms with E-state index in [0.29, 0.717) is 39.6 Å². The molecule has 0 radical (unpaired) electrons. The standard InChI is InChI=1S/C27H35N3O6/c1-26(2,3)17-12-21(35-8)15(10-19(17)31)24(25-28-14-23(29(25)7)30(33)34)16-11-20(32)18(27(4,5)6)13-22(16)36-9/h10-14,24,31-32H,1-9H3. The molecule has 0 bridgehead atoms. The molecule has 0 unspecified atom stereocenters. The molecular formula is C27H35N3O6. The van der Waals surface area contributed by atoms with Crippen LogP contribution >= 0.6 is 0 Å². The largest absolute Gasteiger partial charge is 0.508 e. The van der Waals surface area contributed by atoms with Crippen molar-refractivity contribution in [3.05, 3.63) is 68.7 Å². The number of aromatic nitrogens is 2. The van der Waals surface area contributed by atoms with E-state index in [2.05, 4.69) is 4.98 Å². The highest BCUT2D eigenvalue weighted by Gasteiger charge is 2.35. The maximum absolute atomic E-state index is 11.6. The molecule has 0 saturated carbocycles. The van der Waals surface area contributed by atoms with E-state index in [1.54, 1.807) is 31.3 Å². The molecule has 2 N–H and O–H groups in total. The summed E-state index contributed by atoms with van der Waals surface area (Å²) in [4.78, 5) is 15.5. The Balaban J connectivity index is 2.43. The molecule has 1 aromatic heterocycles. The molecule has 194 valence electrons. The highest BCUT2D eigenvalue weighted by Crippen LogP contribution is 2.47. The smallest absolute Gasteiger partial charge is 0.342 e.